The molecular weight excluding hydrogens is 387 g/mol. The normalized spacial score (nSPS) is 11.5. The summed E-state index contributed by atoms with van der Waals surface area (Å²) in [5.41, 5.74) is 1.19. The molecule has 154 valence electrons. The molecule has 0 saturated heterocycles. The van der Waals surface area contributed by atoms with Crippen molar-refractivity contribution in [2.45, 2.75) is 26.3 Å². The minimum absolute atomic E-state index is 0.130. The third kappa shape index (κ3) is 6.34. The predicted molar refractivity (Wildman–Crippen MR) is 100 cm³/mol. The lowest BCUT2D eigenvalue weighted by atomic mass is 10.0. The smallest absolute Gasteiger partial charge is 0.243 e. The number of anilines is 1. The zero-order valence-electron chi connectivity index (χ0n) is 15.8. The number of halogens is 3. The molecule has 0 bridgehead atoms. The van der Waals surface area contributed by atoms with Gasteiger partial charge in [-0.05, 0) is 24.6 Å². The average Bonchev–Trinajstić information content (AvgIpc) is 2.66. The van der Waals surface area contributed by atoms with Crippen molar-refractivity contribution in [2.24, 2.45) is 0 Å². The van der Waals surface area contributed by atoms with E-state index in [9.17, 15) is 27.6 Å². The largest absolute Gasteiger partial charge is 0.349 e. The van der Waals surface area contributed by atoms with Crippen molar-refractivity contribution < 1.29 is 27.6 Å². The van der Waals surface area contributed by atoms with Gasteiger partial charge in [0.05, 0.1) is 24.7 Å². The van der Waals surface area contributed by atoms with E-state index in [0.29, 0.717) is 11.6 Å². The number of hydrogen-bond acceptors (Lipinski definition) is 3. The van der Waals surface area contributed by atoms with Crippen molar-refractivity contribution >= 4 is 23.4 Å². The van der Waals surface area contributed by atoms with E-state index >= 15 is 0 Å². The van der Waals surface area contributed by atoms with E-state index in [2.05, 4.69) is 16.0 Å². The van der Waals surface area contributed by atoms with Gasteiger partial charge in [-0.15, -0.1) is 0 Å². The van der Waals surface area contributed by atoms with Crippen LogP contribution in [0.15, 0.2) is 36.4 Å². The number of benzene rings is 2. The molecule has 1 unspecified atom stereocenters. The van der Waals surface area contributed by atoms with Gasteiger partial charge in [0.1, 0.15) is 0 Å². The third-order valence-corrected chi connectivity index (χ3v) is 4.00. The molecule has 3 amide bonds. The van der Waals surface area contributed by atoms with Crippen molar-refractivity contribution in [3.8, 4) is 0 Å². The summed E-state index contributed by atoms with van der Waals surface area (Å²) in [5, 5.41) is 7.06. The zero-order valence-corrected chi connectivity index (χ0v) is 15.8. The van der Waals surface area contributed by atoms with Crippen LogP contribution in [0.3, 0.4) is 0 Å². The summed E-state index contributed by atoms with van der Waals surface area (Å²) in [6.45, 7) is 2.71. The molecule has 0 heterocycles. The van der Waals surface area contributed by atoms with E-state index in [1.807, 2.05) is 19.1 Å². The average molecular weight is 407 g/mol. The molecule has 2 rings (SSSR count). The molecule has 0 aliphatic carbocycles. The van der Waals surface area contributed by atoms with Crippen LogP contribution in [0.25, 0.3) is 0 Å². The highest BCUT2D eigenvalue weighted by Crippen LogP contribution is 2.20. The predicted octanol–water partition coefficient (Wildman–Crippen LogP) is 2.73. The molecule has 0 spiro atoms. The second-order valence-electron chi connectivity index (χ2n) is 6.42. The first-order valence-corrected chi connectivity index (χ1v) is 8.71. The molecule has 2 aromatic rings. The number of hydrogen-bond donors (Lipinski definition) is 3. The van der Waals surface area contributed by atoms with Crippen LogP contribution in [-0.4, -0.2) is 24.3 Å². The molecule has 9 heteroatoms. The van der Waals surface area contributed by atoms with Crippen LogP contribution >= 0.6 is 0 Å². The van der Waals surface area contributed by atoms with Gasteiger partial charge in [-0.25, -0.2) is 13.2 Å². The van der Waals surface area contributed by atoms with Crippen molar-refractivity contribution in [1.82, 2.24) is 10.6 Å². The first-order chi connectivity index (χ1) is 13.7. The number of carbonyl (C=O) groups is 3. The highest BCUT2D eigenvalue weighted by molar-refractivity contribution is 5.94. The molecule has 0 aromatic heterocycles. The molecule has 0 aliphatic rings. The quantitative estimate of drug-likeness (QED) is 0.617. The summed E-state index contributed by atoms with van der Waals surface area (Å²) in [6, 6.07) is 8.19. The van der Waals surface area contributed by atoms with Gasteiger partial charge in [0.2, 0.25) is 17.7 Å². The summed E-state index contributed by atoms with van der Waals surface area (Å²) >= 11 is 0. The maximum atomic E-state index is 13.6. The Bertz CT molecular complexity index is 917. The van der Waals surface area contributed by atoms with Gasteiger partial charge >= 0.3 is 0 Å². The van der Waals surface area contributed by atoms with Crippen molar-refractivity contribution in [3.05, 3.63) is 65.0 Å². The van der Waals surface area contributed by atoms with Crippen molar-refractivity contribution in [1.29, 1.82) is 0 Å². The molecule has 1 atom stereocenters. The van der Waals surface area contributed by atoms with Crippen LogP contribution in [0.4, 0.5) is 18.9 Å². The van der Waals surface area contributed by atoms with Gasteiger partial charge in [0, 0.05) is 6.92 Å². The van der Waals surface area contributed by atoms with Crippen molar-refractivity contribution in [2.75, 3.05) is 11.9 Å². The lowest BCUT2D eigenvalue weighted by Gasteiger charge is -2.18. The third-order valence-electron chi connectivity index (χ3n) is 4.00. The number of carbonyl (C=O) groups excluding carboxylic acids is 3. The Kier molecular flexibility index (Phi) is 7.35. The fraction of sp³-hybridized carbons (Fsp3) is 0.250. The molecular formula is C20H20F3N3O3. The Hall–Kier alpha value is -3.36. The second-order valence-corrected chi connectivity index (χ2v) is 6.42. The Labute approximate surface area is 165 Å². The fourth-order valence-electron chi connectivity index (χ4n) is 2.55. The maximum absolute atomic E-state index is 13.6. The van der Waals surface area contributed by atoms with Crippen LogP contribution < -0.4 is 16.0 Å². The zero-order chi connectivity index (χ0) is 21.6. The SMILES string of the molecule is CC(=O)NC(CC(=O)NCC(=O)Nc1ccc(F)c(F)c1F)c1ccc(C)cc1. The highest BCUT2D eigenvalue weighted by atomic mass is 19.2. The molecule has 0 aliphatic heterocycles. The summed E-state index contributed by atoms with van der Waals surface area (Å²) in [4.78, 5) is 35.5. The Balaban J connectivity index is 1.94. The summed E-state index contributed by atoms with van der Waals surface area (Å²) in [7, 11) is 0. The molecule has 2 aromatic carbocycles. The van der Waals surface area contributed by atoms with Crippen LogP contribution in [-0.2, 0) is 14.4 Å². The summed E-state index contributed by atoms with van der Waals surface area (Å²) < 4.78 is 39.7. The number of rotatable bonds is 7. The molecule has 0 fully saturated rings. The van der Waals surface area contributed by atoms with E-state index in [-0.39, 0.29) is 12.3 Å². The standard InChI is InChI=1S/C20H20F3N3O3/c1-11-3-5-13(6-4-11)16(25-12(2)27)9-17(28)24-10-18(29)26-15-8-7-14(21)19(22)20(15)23/h3-8,16H,9-10H2,1-2H3,(H,24,28)(H,25,27)(H,26,29). The lowest BCUT2D eigenvalue weighted by molar-refractivity contribution is -0.125. The van der Waals surface area contributed by atoms with Gasteiger partial charge in [-0.2, -0.15) is 0 Å². The maximum Gasteiger partial charge on any atom is 0.243 e. The Morgan fingerprint density at radius 1 is 0.931 bits per heavy atom. The number of aryl methyl sites for hydroxylation is 1. The summed E-state index contributed by atoms with van der Waals surface area (Å²) in [5.74, 6) is -6.30. The monoisotopic (exact) mass is 407 g/mol. The first-order valence-electron chi connectivity index (χ1n) is 8.71. The lowest BCUT2D eigenvalue weighted by Crippen LogP contribution is -2.36. The van der Waals surface area contributed by atoms with Crippen LogP contribution in [0, 0.1) is 24.4 Å². The van der Waals surface area contributed by atoms with Gasteiger partial charge in [-0.3, -0.25) is 14.4 Å². The molecule has 3 N–H and O–H groups in total. The molecule has 0 saturated carbocycles. The van der Waals surface area contributed by atoms with Gasteiger partial charge in [0.15, 0.2) is 17.5 Å². The van der Waals surface area contributed by atoms with Gasteiger partial charge in [-0.1, -0.05) is 29.8 Å². The number of nitrogens with one attached hydrogen (secondary N) is 3. The minimum Gasteiger partial charge on any atom is -0.349 e. The van der Waals surface area contributed by atoms with E-state index < -0.39 is 47.5 Å². The van der Waals surface area contributed by atoms with Crippen LogP contribution in [0.5, 0.6) is 0 Å². The first kappa shape index (κ1) is 21.9. The Morgan fingerprint density at radius 3 is 2.21 bits per heavy atom. The second kappa shape index (κ2) is 9.72. The Morgan fingerprint density at radius 2 is 1.59 bits per heavy atom. The van der Waals surface area contributed by atoms with Crippen molar-refractivity contribution in [3.63, 3.8) is 0 Å². The van der Waals surface area contributed by atoms with Crippen LogP contribution in [0.2, 0.25) is 0 Å². The number of amides is 3. The van der Waals surface area contributed by atoms with E-state index in [4.69, 9.17) is 0 Å². The van der Waals surface area contributed by atoms with Crippen LogP contribution in [0.1, 0.15) is 30.5 Å². The van der Waals surface area contributed by atoms with E-state index in [1.165, 1.54) is 6.92 Å². The van der Waals surface area contributed by atoms with Gasteiger partial charge in [0.25, 0.3) is 0 Å². The topological polar surface area (TPSA) is 87.3 Å². The van der Waals surface area contributed by atoms with Gasteiger partial charge < -0.3 is 16.0 Å². The minimum atomic E-state index is -1.71. The highest BCUT2D eigenvalue weighted by Gasteiger charge is 2.19. The summed E-state index contributed by atoms with van der Waals surface area (Å²) in [6.07, 6.45) is -0.130. The van der Waals surface area contributed by atoms with E-state index in [0.717, 1.165) is 11.6 Å². The molecule has 0 radical (unpaired) electrons. The molecule has 29 heavy (non-hydrogen) atoms. The molecule has 6 nitrogen and oxygen atoms in total. The fourth-order valence-corrected chi connectivity index (χ4v) is 2.55. The van der Waals surface area contributed by atoms with E-state index in [1.54, 1.807) is 12.1 Å².